The topological polar surface area (TPSA) is 43.4 Å². The number of hydrogen-bond acceptors (Lipinski definition) is 3. The number of hydrogen-bond donors (Lipinski definition) is 0. The van der Waals surface area contributed by atoms with E-state index in [4.69, 9.17) is 4.74 Å². The Morgan fingerprint density at radius 1 is 1.57 bits per heavy atom. The first kappa shape index (κ1) is 10.9. The van der Waals surface area contributed by atoms with Gasteiger partial charge in [-0.05, 0) is 28.9 Å². The molecular weight excluding hydrogens is 248 g/mol. The number of carbonyl (C=O) groups is 2. The molecule has 0 aliphatic carbocycles. The summed E-state index contributed by atoms with van der Waals surface area (Å²) in [4.78, 5) is 22.1. The van der Waals surface area contributed by atoms with Crippen molar-refractivity contribution in [3.05, 3.63) is 33.8 Å². The van der Waals surface area contributed by atoms with E-state index >= 15 is 0 Å². The predicted molar refractivity (Wildman–Crippen MR) is 55.5 cm³/mol. The highest BCUT2D eigenvalue weighted by Crippen LogP contribution is 2.20. The normalized spacial score (nSPS) is 9.57. The summed E-state index contributed by atoms with van der Waals surface area (Å²) in [5.41, 5.74) is 0.613. The van der Waals surface area contributed by atoms with Crippen LogP contribution in [0.5, 0.6) is 0 Å². The molecule has 0 unspecified atom stereocenters. The molecule has 0 amide bonds. The molecule has 0 saturated heterocycles. The minimum atomic E-state index is -0.484. The van der Waals surface area contributed by atoms with Crippen LogP contribution >= 0.6 is 15.9 Å². The van der Waals surface area contributed by atoms with E-state index in [2.05, 4.69) is 15.9 Å². The van der Waals surface area contributed by atoms with E-state index in [0.29, 0.717) is 22.9 Å². The van der Waals surface area contributed by atoms with Crippen LogP contribution in [0.15, 0.2) is 22.7 Å². The number of benzene rings is 1. The maximum Gasteiger partial charge on any atom is 0.340 e. The Hall–Kier alpha value is -1.16. The van der Waals surface area contributed by atoms with Gasteiger partial charge in [-0.3, -0.25) is 4.79 Å². The number of esters is 1. The summed E-state index contributed by atoms with van der Waals surface area (Å²) in [7, 11) is 0. The molecule has 3 nitrogen and oxygen atoms in total. The fourth-order valence-electron chi connectivity index (χ4n) is 1.06. The third-order valence-electron chi connectivity index (χ3n) is 1.65. The van der Waals surface area contributed by atoms with Crippen LogP contribution in [0.3, 0.4) is 0 Å². The Kier molecular flexibility index (Phi) is 3.83. The molecule has 0 saturated carbocycles. The summed E-state index contributed by atoms with van der Waals surface area (Å²) in [5.74, 6) is -0.484. The standard InChI is InChI=1S/C10H9BrO3/c1-2-14-10(13)9-7(6-12)4-3-5-8(9)11/h3-6H,2H2,1H3. The summed E-state index contributed by atoms with van der Waals surface area (Å²) < 4.78 is 5.39. The molecule has 0 atom stereocenters. The first-order chi connectivity index (χ1) is 6.70. The van der Waals surface area contributed by atoms with Crippen molar-refractivity contribution in [2.75, 3.05) is 6.61 Å². The predicted octanol–water partition coefficient (Wildman–Crippen LogP) is 2.44. The highest BCUT2D eigenvalue weighted by Gasteiger charge is 2.15. The molecule has 0 aromatic heterocycles. The molecule has 0 heterocycles. The van der Waals surface area contributed by atoms with Gasteiger partial charge in [0.15, 0.2) is 6.29 Å². The number of ether oxygens (including phenoxy) is 1. The van der Waals surface area contributed by atoms with Crippen LogP contribution in [0.4, 0.5) is 0 Å². The van der Waals surface area contributed by atoms with Gasteiger partial charge < -0.3 is 4.74 Å². The van der Waals surface area contributed by atoms with Gasteiger partial charge in [0.2, 0.25) is 0 Å². The van der Waals surface area contributed by atoms with Gasteiger partial charge >= 0.3 is 5.97 Å². The average Bonchev–Trinajstić information content (AvgIpc) is 2.17. The fraction of sp³-hybridized carbons (Fsp3) is 0.200. The van der Waals surface area contributed by atoms with Gasteiger partial charge in [0.05, 0.1) is 12.2 Å². The van der Waals surface area contributed by atoms with Crippen LogP contribution in [0.25, 0.3) is 0 Å². The van der Waals surface area contributed by atoms with Crippen molar-refractivity contribution in [3.8, 4) is 0 Å². The number of carbonyl (C=O) groups excluding carboxylic acids is 2. The molecule has 4 heteroatoms. The van der Waals surface area contributed by atoms with Gasteiger partial charge in [-0.15, -0.1) is 0 Å². The number of aldehydes is 1. The quantitative estimate of drug-likeness (QED) is 0.617. The lowest BCUT2D eigenvalue weighted by atomic mass is 10.1. The Balaban J connectivity index is 3.16. The van der Waals surface area contributed by atoms with E-state index in [1.807, 2.05) is 0 Å². The molecule has 1 aromatic rings. The summed E-state index contributed by atoms with van der Waals surface area (Å²) >= 11 is 3.20. The summed E-state index contributed by atoms with van der Waals surface area (Å²) in [6.45, 7) is 2.01. The van der Waals surface area contributed by atoms with Crippen molar-refractivity contribution in [1.82, 2.24) is 0 Å². The van der Waals surface area contributed by atoms with Crippen molar-refractivity contribution in [2.24, 2.45) is 0 Å². The van der Waals surface area contributed by atoms with Gasteiger partial charge in [0, 0.05) is 10.0 Å². The van der Waals surface area contributed by atoms with Crippen molar-refractivity contribution < 1.29 is 14.3 Å². The molecule has 0 bridgehead atoms. The SMILES string of the molecule is CCOC(=O)c1c(Br)cccc1C=O. The van der Waals surface area contributed by atoms with Crippen LogP contribution in [-0.2, 0) is 4.74 Å². The molecule has 0 N–H and O–H groups in total. The third-order valence-corrected chi connectivity index (χ3v) is 2.31. The van der Waals surface area contributed by atoms with Crippen molar-refractivity contribution in [3.63, 3.8) is 0 Å². The smallest absolute Gasteiger partial charge is 0.340 e. The van der Waals surface area contributed by atoms with Crippen molar-refractivity contribution in [2.45, 2.75) is 6.92 Å². The van der Waals surface area contributed by atoms with E-state index in [0.717, 1.165) is 0 Å². The highest BCUT2D eigenvalue weighted by molar-refractivity contribution is 9.10. The largest absolute Gasteiger partial charge is 0.462 e. The number of halogens is 1. The molecule has 0 aliphatic heterocycles. The minimum Gasteiger partial charge on any atom is -0.462 e. The van der Waals surface area contributed by atoms with E-state index in [1.165, 1.54) is 0 Å². The van der Waals surface area contributed by atoms with Crippen LogP contribution in [-0.4, -0.2) is 18.9 Å². The maximum absolute atomic E-state index is 11.4. The lowest BCUT2D eigenvalue weighted by Crippen LogP contribution is -2.08. The minimum absolute atomic E-state index is 0.282. The van der Waals surface area contributed by atoms with Crippen molar-refractivity contribution >= 4 is 28.2 Å². The Morgan fingerprint density at radius 2 is 2.29 bits per heavy atom. The molecule has 14 heavy (non-hydrogen) atoms. The van der Waals surface area contributed by atoms with Crippen LogP contribution < -0.4 is 0 Å². The second-order valence-electron chi connectivity index (χ2n) is 2.54. The zero-order valence-corrected chi connectivity index (χ0v) is 9.21. The monoisotopic (exact) mass is 256 g/mol. The van der Waals surface area contributed by atoms with Crippen molar-refractivity contribution in [1.29, 1.82) is 0 Å². The molecule has 1 aromatic carbocycles. The third kappa shape index (κ3) is 2.20. The van der Waals surface area contributed by atoms with Gasteiger partial charge in [-0.2, -0.15) is 0 Å². The molecule has 0 radical (unpaired) electrons. The second-order valence-corrected chi connectivity index (χ2v) is 3.40. The first-order valence-corrected chi connectivity index (χ1v) is 4.90. The van der Waals surface area contributed by atoms with E-state index in [-0.39, 0.29) is 5.56 Å². The lowest BCUT2D eigenvalue weighted by molar-refractivity contribution is 0.0523. The second kappa shape index (κ2) is 4.91. The molecule has 0 spiro atoms. The van der Waals surface area contributed by atoms with E-state index < -0.39 is 5.97 Å². The Bertz CT molecular complexity index is 360. The zero-order chi connectivity index (χ0) is 10.6. The first-order valence-electron chi connectivity index (χ1n) is 4.11. The summed E-state index contributed by atoms with van der Waals surface area (Å²) in [6, 6.07) is 4.96. The highest BCUT2D eigenvalue weighted by atomic mass is 79.9. The van der Waals surface area contributed by atoms with E-state index in [1.54, 1.807) is 25.1 Å². The molecule has 1 rings (SSSR count). The molecule has 0 aliphatic rings. The zero-order valence-electron chi connectivity index (χ0n) is 7.62. The fourth-order valence-corrected chi connectivity index (χ4v) is 1.60. The van der Waals surface area contributed by atoms with Gasteiger partial charge in [0.25, 0.3) is 0 Å². The molecule has 0 fully saturated rings. The summed E-state index contributed by atoms with van der Waals surface area (Å²) in [5, 5.41) is 0. The van der Waals surface area contributed by atoms with Crippen LogP contribution in [0, 0.1) is 0 Å². The molecule has 74 valence electrons. The maximum atomic E-state index is 11.4. The van der Waals surface area contributed by atoms with E-state index in [9.17, 15) is 9.59 Å². The average molecular weight is 257 g/mol. The number of rotatable bonds is 3. The Labute approximate surface area is 90.2 Å². The lowest BCUT2D eigenvalue weighted by Gasteiger charge is -2.05. The Morgan fingerprint density at radius 3 is 2.86 bits per heavy atom. The molecular formula is C10H9BrO3. The van der Waals surface area contributed by atoms with Gasteiger partial charge in [-0.1, -0.05) is 12.1 Å². The van der Waals surface area contributed by atoms with Gasteiger partial charge in [0.1, 0.15) is 0 Å². The summed E-state index contributed by atoms with van der Waals surface area (Å²) in [6.07, 6.45) is 0.636. The van der Waals surface area contributed by atoms with Gasteiger partial charge in [-0.25, -0.2) is 4.79 Å². The van der Waals surface area contributed by atoms with Crippen LogP contribution in [0.1, 0.15) is 27.6 Å². The van der Waals surface area contributed by atoms with Crippen LogP contribution in [0.2, 0.25) is 0 Å².